The zero-order chi connectivity index (χ0) is 15.0. The standard InChI is InChI=1S/C19H21N2.HI/c1-14-5-8-19-18(13-14)17(15(2)21(19)4)7-6-16-9-11-20(3)12-10-16;/h5-13H,1-4H3;1H/q+1;. The van der Waals surface area contributed by atoms with Crippen LogP contribution in [0.5, 0.6) is 0 Å². The van der Waals surface area contributed by atoms with Crippen molar-refractivity contribution in [3.8, 4) is 0 Å². The van der Waals surface area contributed by atoms with Gasteiger partial charge in [0.25, 0.3) is 0 Å². The molecule has 3 rings (SSSR count). The Balaban J connectivity index is 0.00000176. The number of hydrogen-bond donors (Lipinski definition) is 0. The van der Waals surface area contributed by atoms with Crippen LogP contribution in [0, 0.1) is 13.8 Å². The Kier molecular flexibility index (Phi) is 5.06. The molecule has 0 aliphatic rings. The molecule has 3 heteroatoms. The normalized spacial score (nSPS) is 11.1. The van der Waals surface area contributed by atoms with Gasteiger partial charge in [0, 0.05) is 41.3 Å². The van der Waals surface area contributed by atoms with Gasteiger partial charge in [-0.2, -0.15) is 0 Å². The number of halogens is 1. The molecular weight excluding hydrogens is 383 g/mol. The van der Waals surface area contributed by atoms with E-state index in [1.165, 1.54) is 33.3 Å². The highest BCUT2D eigenvalue weighted by atomic mass is 127. The summed E-state index contributed by atoms with van der Waals surface area (Å²) in [5, 5.41) is 1.33. The van der Waals surface area contributed by atoms with Crippen LogP contribution >= 0.6 is 24.0 Å². The number of rotatable bonds is 2. The van der Waals surface area contributed by atoms with E-state index in [1.807, 2.05) is 11.6 Å². The summed E-state index contributed by atoms with van der Waals surface area (Å²) in [6, 6.07) is 10.9. The van der Waals surface area contributed by atoms with Crippen molar-refractivity contribution < 1.29 is 4.57 Å². The predicted octanol–water partition coefficient (Wildman–Crippen LogP) is 4.41. The number of pyridine rings is 1. The van der Waals surface area contributed by atoms with E-state index < -0.39 is 0 Å². The van der Waals surface area contributed by atoms with Crippen molar-refractivity contribution in [1.29, 1.82) is 0 Å². The summed E-state index contributed by atoms with van der Waals surface area (Å²) in [6.45, 7) is 4.33. The number of fused-ring (bicyclic) bond motifs is 1. The van der Waals surface area contributed by atoms with Crippen molar-refractivity contribution >= 4 is 47.0 Å². The summed E-state index contributed by atoms with van der Waals surface area (Å²) in [5.41, 5.74) is 6.42. The van der Waals surface area contributed by atoms with E-state index in [0.29, 0.717) is 0 Å². The highest BCUT2D eigenvalue weighted by Crippen LogP contribution is 2.27. The zero-order valence-electron chi connectivity index (χ0n) is 13.5. The molecule has 3 aromatic rings. The molecule has 0 aliphatic carbocycles. The van der Waals surface area contributed by atoms with Crippen LogP contribution < -0.4 is 4.57 Å². The third kappa shape index (κ3) is 3.09. The van der Waals surface area contributed by atoms with Crippen molar-refractivity contribution in [1.82, 2.24) is 4.57 Å². The molecule has 0 unspecified atom stereocenters. The Morgan fingerprint density at radius 2 is 1.68 bits per heavy atom. The molecule has 0 fully saturated rings. The van der Waals surface area contributed by atoms with Gasteiger partial charge in [-0.05, 0) is 31.5 Å². The van der Waals surface area contributed by atoms with Gasteiger partial charge in [0.15, 0.2) is 12.4 Å². The Morgan fingerprint density at radius 3 is 2.36 bits per heavy atom. The first-order chi connectivity index (χ1) is 10.1. The van der Waals surface area contributed by atoms with Crippen LogP contribution in [0.2, 0.25) is 0 Å². The van der Waals surface area contributed by atoms with E-state index in [-0.39, 0.29) is 24.0 Å². The Labute approximate surface area is 149 Å². The van der Waals surface area contributed by atoms with Gasteiger partial charge in [-0.25, -0.2) is 4.57 Å². The molecule has 1 aromatic carbocycles. The quantitative estimate of drug-likeness (QED) is 0.441. The lowest BCUT2D eigenvalue weighted by Crippen LogP contribution is -2.25. The molecule has 0 saturated heterocycles. The van der Waals surface area contributed by atoms with Crippen LogP contribution in [-0.2, 0) is 14.1 Å². The third-order valence-corrected chi connectivity index (χ3v) is 4.14. The second kappa shape index (κ2) is 6.65. The van der Waals surface area contributed by atoms with Crippen molar-refractivity contribution in [3.05, 3.63) is 65.1 Å². The Morgan fingerprint density at radius 1 is 1.00 bits per heavy atom. The summed E-state index contributed by atoms with van der Waals surface area (Å²) in [7, 11) is 4.16. The van der Waals surface area contributed by atoms with Crippen LogP contribution in [0.4, 0.5) is 0 Å². The molecular formula is C19H22IN2+. The smallest absolute Gasteiger partial charge is 0.169 e. The van der Waals surface area contributed by atoms with Crippen molar-refractivity contribution in [2.75, 3.05) is 0 Å². The van der Waals surface area contributed by atoms with Crippen LogP contribution in [0.25, 0.3) is 23.1 Å². The van der Waals surface area contributed by atoms with E-state index in [1.54, 1.807) is 0 Å². The lowest BCUT2D eigenvalue weighted by Gasteiger charge is -1.98. The van der Waals surface area contributed by atoms with E-state index >= 15 is 0 Å². The van der Waals surface area contributed by atoms with Crippen LogP contribution in [-0.4, -0.2) is 4.57 Å². The fourth-order valence-electron chi connectivity index (χ4n) is 2.73. The highest BCUT2D eigenvalue weighted by molar-refractivity contribution is 14.0. The summed E-state index contributed by atoms with van der Waals surface area (Å²) < 4.78 is 4.31. The summed E-state index contributed by atoms with van der Waals surface area (Å²) >= 11 is 0. The first-order valence-corrected chi connectivity index (χ1v) is 7.25. The second-order valence-electron chi connectivity index (χ2n) is 5.71. The van der Waals surface area contributed by atoms with Crippen molar-refractivity contribution in [3.63, 3.8) is 0 Å². The maximum atomic E-state index is 2.27. The number of aryl methyl sites for hydroxylation is 3. The molecule has 114 valence electrons. The van der Waals surface area contributed by atoms with Gasteiger partial charge in [0.1, 0.15) is 7.05 Å². The lowest BCUT2D eigenvalue weighted by molar-refractivity contribution is -0.671. The average Bonchev–Trinajstić information content (AvgIpc) is 2.70. The minimum atomic E-state index is 0. The van der Waals surface area contributed by atoms with Gasteiger partial charge in [-0.1, -0.05) is 23.8 Å². The first kappa shape index (κ1) is 16.7. The van der Waals surface area contributed by atoms with E-state index in [4.69, 9.17) is 0 Å². The van der Waals surface area contributed by atoms with Crippen molar-refractivity contribution in [2.45, 2.75) is 13.8 Å². The first-order valence-electron chi connectivity index (χ1n) is 7.25. The number of nitrogens with zero attached hydrogens (tertiary/aromatic N) is 2. The van der Waals surface area contributed by atoms with Gasteiger partial charge >= 0.3 is 0 Å². The highest BCUT2D eigenvalue weighted by Gasteiger charge is 2.09. The Hall–Kier alpha value is -1.62. The predicted molar refractivity (Wildman–Crippen MR) is 104 cm³/mol. The van der Waals surface area contributed by atoms with Gasteiger partial charge in [0.05, 0.1) is 0 Å². The average molecular weight is 405 g/mol. The third-order valence-electron chi connectivity index (χ3n) is 4.14. The summed E-state index contributed by atoms with van der Waals surface area (Å²) in [5.74, 6) is 0. The molecule has 2 aromatic heterocycles. The van der Waals surface area contributed by atoms with E-state index in [9.17, 15) is 0 Å². The molecule has 0 amide bonds. The molecule has 0 saturated carbocycles. The molecule has 0 radical (unpaired) electrons. The fraction of sp³-hybridized carbons (Fsp3) is 0.211. The second-order valence-corrected chi connectivity index (χ2v) is 5.71. The molecule has 22 heavy (non-hydrogen) atoms. The zero-order valence-corrected chi connectivity index (χ0v) is 15.8. The van der Waals surface area contributed by atoms with Crippen LogP contribution in [0.1, 0.15) is 22.4 Å². The van der Waals surface area contributed by atoms with Crippen LogP contribution in [0.15, 0.2) is 42.7 Å². The molecule has 0 bridgehead atoms. The molecule has 0 N–H and O–H groups in total. The minimum absolute atomic E-state index is 0. The number of aromatic nitrogens is 2. The summed E-state index contributed by atoms with van der Waals surface area (Å²) in [4.78, 5) is 0. The largest absolute Gasteiger partial charge is 0.347 e. The lowest BCUT2D eigenvalue weighted by atomic mass is 10.1. The van der Waals surface area contributed by atoms with Gasteiger partial charge in [0.2, 0.25) is 0 Å². The number of benzene rings is 1. The maximum Gasteiger partial charge on any atom is 0.169 e. The number of hydrogen-bond acceptors (Lipinski definition) is 0. The Bertz CT molecular complexity index is 827. The molecule has 0 atom stereocenters. The van der Waals surface area contributed by atoms with Crippen LogP contribution in [0.3, 0.4) is 0 Å². The summed E-state index contributed by atoms with van der Waals surface area (Å²) in [6.07, 6.45) is 8.55. The van der Waals surface area contributed by atoms with E-state index in [2.05, 4.69) is 80.3 Å². The fourth-order valence-corrected chi connectivity index (χ4v) is 2.73. The van der Waals surface area contributed by atoms with Gasteiger partial charge in [-0.15, -0.1) is 24.0 Å². The van der Waals surface area contributed by atoms with E-state index in [0.717, 1.165) is 0 Å². The van der Waals surface area contributed by atoms with Gasteiger partial charge < -0.3 is 4.57 Å². The SMILES string of the molecule is Cc1ccc2c(c1)c(/C=C/c1cc[n+](C)cc1)c(C)n2C.I. The topological polar surface area (TPSA) is 8.81 Å². The molecule has 2 nitrogen and oxygen atoms in total. The monoisotopic (exact) mass is 405 g/mol. The molecule has 2 heterocycles. The van der Waals surface area contributed by atoms with Gasteiger partial charge in [-0.3, -0.25) is 0 Å². The maximum absolute atomic E-state index is 2.27. The minimum Gasteiger partial charge on any atom is -0.347 e. The van der Waals surface area contributed by atoms with Crippen molar-refractivity contribution in [2.24, 2.45) is 14.1 Å². The molecule has 0 aliphatic heterocycles. The molecule has 0 spiro atoms.